The van der Waals surface area contributed by atoms with Gasteiger partial charge >= 0.3 is 0 Å². The minimum atomic E-state index is 0. The number of ether oxygens (including phenoxy) is 2. The second-order valence-corrected chi connectivity index (χ2v) is 8.71. The monoisotopic (exact) mass is 534 g/mol. The molecule has 8 heteroatoms. The maximum atomic E-state index is 5.54. The van der Waals surface area contributed by atoms with Gasteiger partial charge in [-0.25, -0.2) is 0 Å². The summed E-state index contributed by atoms with van der Waals surface area (Å²) in [6.45, 7) is 8.04. The fraction of sp³-hybridized carbons (Fsp3) is 0.667. The average molecular weight is 535 g/mol. The number of aliphatic imine (C=N–C) groups is 1. The number of hydrogen-bond donors (Lipinski definition) is 2. The van der Waals surface area contributed by atoms with E-state index in [4.69, 9.17) is 9.47 Å². The lowest BCUT2D eigenvalue weighted by molar-refractivity contribution is 0.0341. The van der Waals surface area contributed by atoms with Gasteiger partial charge in [0, 0.05) is 57.7 Å². The Hall–Kier alpha value is -0.550. The number of rotatable bonds is 7. The standard InChI is InChI=1S/C21H34N4O2S.HI/c1-22-20(24-17-21(28-2)7-11-26-12-8-21)23-15-18-5-3-4-6-19(18)16-25-9-13-27-14-10-25;/h3-6H,7-17H2,1-2H3,(H2,22,23,24);1H. The summed E-state index contributed by atoms with van der Waals surface area (Å²) in [5, 5.41) is 7.04. The van der Waals surface area contributed by atoms with Crippen molar-refractivity contribution in [1.82, 2.24) is 15.5 Å². The van der Waals surface area contributed by atoms with E-state index in [-0.39, 0.29) is 28.7 Å². The number of morpholine rings is 1. The number of benzene rings is 1. The lowest BCUT2D eigenvalue weighted by atomic mass is 9.99. The van der Waals surface area contributed by atoms with E-state index >= 15 is 0 Å². The molecule has 2 aliphatic rings. The van der Waals surface area contributed by atoms with Crippen LogP contribution in [0.15, 0.2) is 29.3 Å². The van der Waals surface area contributed by atoms with Crippen molar-refractivity contribution in [2.75, 3.05) is 59.4 Å². The summed E-state index contributed by atoms with van der Waals surface area (Å²) in [5.41, 5.74) is 2.69. The molecule has 2 aliphatic heterocycles. The van der Waals surface area contributed by atoms with Crippen molar-refractivity contribution >= 4 is 41.7 Å². The minimum absolute atomic E-state index is 0. The molecule has 3 rings (SSSR count). The van der Waals surface area contributed by atoms with Gasteiger partial charge in [-0.1, -0.05) is 24.3 Å². The third-order valence-electron chi connectivity index (χ3n) is 5.70. The molecule has 2 fully saturated rings. The van der Waals surface area contributed by atoms with Gasteiger partial charge in [-0.05, 0) is 30.2 Å². The first-order valence-corrected chi connectivity index (χ1v) is 11.4. The Kier molecular flexibility index (Phi) is 11.1. The van der Waals surface area contributed by atoms with Crippen molar-refractivity contribution in [3.05, 3.63) is 35.4 Å². The highest BCUT2D eigenvalue weighted by Gasteiger charge is 2.31. The minimum Gasteiger partial charge on any atom is -0.381 e. The van der Waals surface area contributed by atoms with Gasteiger partial charge in [-0.2, -0.15) is 11.8 Å². The topological polar surface area (TPSA) is 58.1 Å². The Bertz CT molecular complexity index is 635. The van der Waals surface area contributed by atoms with Crippen LogP contribution in [0, 0.1) is 0 Å². The van der Waals surface area contributed by atoms with Crippen molar-refractivity contribution < 1.29 is 9.47 Å². The van der Waals surface area contributed by atoms with E-state index in [1.807, 2.05) is 18.8 Å². The zero-order chi connectivity index (χ0) is 19.7. The van der Waals surface area contributed by atoms with Crippen LogP contribution in [0.25, 0.3) is 0 Å². The van der Waals surface area contributed by atoms with Crippen LogP contribution in [0.2, 0.25) is 0 Å². The number of thioether (sulfide) groups is 1. The highest BCUT2D eigenvalue weighted by molar-refractivity contribution is 14.0. The van der Waals surface area contributed by atoms with Crippen molar-refractivity contribution in [2.24, 2.45) is 4.99 Å². The lowest BCUT2D eigenvalue weighted by Crippen LogP contribution is -2.47. The summed E-state index contributed by atoms with van der Waals surface area (Å²) in [7, 11) is 1.84. The van der Waals surface area contributed by atoms with Crippen LogP contribution in [0.5, 0.6) is 0 Å². The normalized spacial score (nSPS) is 20.0. The highest BCUT2D eigenvalue weighted by atomic mass is 127. The number of hydrogen-bond acceptors (Lipinski definition) is 5. The van der Waals surface area contributed by atoms with Gasteiger partial charge in [-0.3, -0.25) is 9.89 Å². The van der Waals surface area contributed by atoms with E-state index in [0.717, 1.165) is 78.0 Å². The van der Waals surface area contributed by atoms with Crippen molar-refractivity contribution in [1.29, 1.82) is 0 Å². The molecular weight excluding hydrogens is 499 g/mol. The Morgan fingerprint density at radius 3 is 2.38 bits per heavy atom. The summed E-state index contributed by atoms with van der Waals surface area (Å²) >= 11 is 1.94. The summed E-state index contributed by atoms with van der Waals surface area (Å²) in [6.07, 6.45) is 4.37. The smallest absolute Gasteiger partial charge is 0.191 e. The second kappa shape index (κ2) is 13.0. The molecule has 1 aromatic rings. The molecule has 0 radical (unpaired) electrons. The molecule has 0 saturated carbocycles. The molecule has 2 N–H and O–H groups in total. The van der Waals surface area contributed by atoms with E-state index in [0.29, 0.717) is 0 Å². The molecule has 0 bridgehead atoms. The zero-order valence-electron chi connectivity index (χ0n) is 17.6. The third-order valence-corrected chi connectivity index (χ3v) is 7.12. The molecule has 0 amide bonds. The molecule has 6 nitrogen and oxygen atoms in total. The van der Waals surface area contributed by atoms with Crippen molar-refractivity contribution in [2.45, 2.75) is 30.7 Å². The summed E-state index contributed by atoms with van der Waals surface area (Å²) in [5.74, 6) is 0.862. The number of halogens is 1. The van der Waals surface area contributed by atoms with Gasteiger partial charge in [0.25, 0.3) is 0 Å². The van der Waals surface area contributed by atoms with Gasteiger partial charge in [0.05, 0.1) is 13.2 Å². The highest BCUT2D eigenvalue weighted by Crippen LogP contribution is 2.32. The second-order valence-electron chi connectivity index (χ2n) is 7.44. The first-order valence-electron chi connectivity index (χ1n) is 10.2. The number of guanidine groups is 1. The number of nitrogens with one attached hydrogen (secondary N) is 2. The van der Waals surface area contributed by atoms with Gasteiger partial charge in [0.15, 0.2) is 5.96 Å². The molecule has 2 heterocycles. The van der Waals surface area contributed by atoms with Gasteiger partial charge in [0.1, 0.15) is 0 Å². The summed E-state index contributed by atoms with van der Waals surface area (Å²) in [6, 6.07) is 8.67. The van der Waals surface area contributed by atoms with Crippen molar-refractivity contribution in [3.8, 4) is 0 Å². The van der Waals surface area contributed by atoms with Crippen LogP contribution in [0.4, 0.5) is 0 Å². The van der Waals surface area contributed by atoms with E-state index in [9.17, 15) is 0 Å². The quantitative estimate of drug-likeness (QED) is 0.319. The fourth-order valence-corrected chi connectivity index (χ4v) is 4.52. The third kappa shape index (κ3) is 7.57. The summed E-state index contributed by atoms with van der Waals surface area (Å²) in [4.78, 5) is 6.89. The molecule has 0 unspecified atom stereocenters. The van der Waals surface area contributed by atoms with Crippen LogP contribution in [-0.2, 0) is 22.6 Å². The SMILES string of the molecule is CN=C(NCc1ccccc1CN1CCOCC1)NCC1(SC)CCOCC1.I. The Labute approximate surface area is 196 Å². The Morgan fingerprint density at radius 2 is 1.72 bits per heavy atom. The van der Waals surface area contributed by atoms with Gasteiger partial charge in [-0.15, -0.1) is 24.0 Å². The van der Waals surface area contributed by atoms with E-state index in [1.165, 1.54) is 11.1 Å². The summed E-state index contributed by atoms with van der Waals surface area (Å²) < 4.78 is 11.2. The molecule has 164 valence electrons. The predicted molar refractivity (Wildman–Crippen MR) is 132 cm³/mol. The van der Waals surface area contributed by atoms with Crippen LogP contribution >= 0.6 is 35.7 Å². The lowest BCUT2D eigenvalue weighted by Gasteiger charge is -2.36. The number of nitrogens with zero attached hydrogens (tertiary/aromatic N) is 2. The van der Waals surface area contributed by atoms with E-state index in [2.05, 4.69) is 51.0 Å². The predicted octanol–water partition coefficient (Wildman–Crippen LogP) is 2.71. The molecule has 0 aromatic heterocycles. The zero-order valence-corrected chi connectivity index (χ0v) is 20.8. The van der Waals surface area contributed by atoms with Crippen LogP contribution in [0.1, 0.15) is 24.0 Å². The molecule has 0 aliphatic carbocycles. The molecular formula is C21H35IN4O2S. The Morgan fingerprint density at radius 1 is 1.07 bits per heavy atom. The molecule has 2 saturated heterocycles. The maximum absolute atomic E-state index is 5.54. The van der Waals surface area contributed by atoms with E-state index in [1.54, 1.807) is 0 Å². The van der Waals surface area contributed by atoms with Gasteiger partial charge < -0.3 is 20.1 Å². The van der Waals surface area contributed by atoms with Crippen LogP contribution in [0.3, 0.4) is 0 Å². The molecule has 0 spiro atoms. The fourth-order valence-electron chi connectivity index (χ4n) is 3.73. The maximum Gasteiger partial charge on any atom is 0.191 e. The molecule has 29 heavy (non-hydrogen) atoms. The van der Waals surface area contributed by atoms with Crippen LogP contribution < -0.4 is 10.6 Å². The first-order chi connectivity index (χ1) is 13.7. The largest absolute Gasteiger partial charge is 0.381 e. The Balaban J connectivity index is 0.00000300. The van der Waals surface area contributed by atoms with Gasteiger partial charge in [0.2, 0.25) is 0 Å². The first kappa shape index (κ1) is 24.7. The average Bonchev–Trinajstić information content (AvgIpc) is 2.76. The molecule has 0 atom stereocenters. The van der Waals surface area contributed by atoms with E-state index < -0.39 is 0 Å². The van der Waals surface area contributed by atoms with Crippen LogP contribution in [-0.4, -0.2) is 75.0 Å². The van der Waals surface area contributed by atoms with Crippen molar-refractivity contribution in [3.63, 3.8) is 0 Å². The molecule has 1 aromatic carbocycles.